The molecule has 248 valence electrons. The van der Waals surface area contributed by atoms with Crippen molar-refractivity contribution >= 4 is 54.5 Å². The van der Waals surface area contributed by atoms with Crippen LogP contribution in [-0.4, -0.2) is 28.7 Å². The smallest absolute Gasteiger partial charge is 0.238 e. The van der Waals surface area contributed by atoms with Gasteiger partial charge in [-0.25, -0.2) is 4.98 Å². The molecule has 4 aromatic heterocycles. The first-order chi connectivity index (χ1) is 26.3. The lowest BCUT2D eigenvalue weighted by atomic mass is 10.1. The van der Waals surface area contributed by atoms with E-state index in [1.807, 2.05) is 36.4 Å². The maximum Gasteiger partial charge on any atom is 0.238 e. The van der Waals surface area contributed by atoms with Crippen LogP contribution >= 0.6 is 0 Å². The Morgan fingerprint density at radius 1 is 0.377 bits per heavy atom. The second kappa shape index (κ2) is 11.6. The summed E-state index contributed by atoms with van der Waals surface area (Å²) in [7, 11) is 0. The third-order valence-electron chi connectivity index (χ3n) is 10.3. The van der Waals surface area contributed by atoms with Crippen LogP contribution in [0.4, 0.5) is 0 Å². The van der Waals surface area contributed by atoms with E-state index in [0.717, 1.165) is 71.6 Å². The van der Waals surface area contributed by atoms with Crippen molar-refractivity contribution < 1.29 is 0 Å². The van der Waals surface area contributed by atoms with Crippen LogP contribution in [-0.2, 0) is 0 Å². The van der Waals surface area contributed by atoms with Crippen molar-refractivity contribution in [3.63, 3.8) is 0 Å². The van der Waals surface area contributed by atoms with Gasteiger partial charge >= 0.3 is 0 Å². The molecule has 6 nitrogen and oxygen atoms in total. The lowest BCUT2D eigenvalue weighted by molar-refractivity contribution is 0.955. The maximum atomic E-state index is 5.24. The summed E-state index contributed by atoms with van der Waals surface area (Å²) in [5.41, 5.74) is 9.60. The number of hydrogen-bond acceptors (Lipinski definition) is 3. The molecule has 0 spiro atoms. The van der Waals surface area contributed by atoms with Gasteiger partial charge in [0.1, 0.15) is 0 Å². The molecule has 0 radical (unpaired) electrons. The summed E-state index contributed by atoms with van der Waals surface area (Å²) in [4.78, 5) is 15.5. The van der Waals surface area contributed by atoms with Crippen molar-refractivity contribution in [2.75, 3.05) is 0 Å². The highest BCUT2D eigenvalue weighted by molar-refractivity contribution is 6.27. The Kier molecular flexibility index (Phi) is 6.45. The van der Waals surface area contributed by atoms with Gasteiger partial charge in [-0.2, -0.15) is 9.97 Å². The van der Waals surface area contributed by atoms with Gasteiger partial charge < -0.3 is 9.13 Å². The highest BCUT2D eigenvalue weighted by Gasteiger charge is 2.24. The normalized spacial score (nSPS) is 11.8. The molecule has 7 aromatic carbocycles. The number of para-hydroxylation sites is 3. The fourth-order valence-corrected chi connectivity index (χ4v) is 7.96. The molecule has 11 aromatic rings. The van der Waals surface area contributed by atoms with Crippen molar-refractivity contribution in [3.8, 4) is 40.1 Å². The van der Waals surface area contributed by atoms with Crippen molar-refractivity contribution in [2.45, 2.75) is 0 Å². The molecule has 0 atom stereocenters. The summed E-state index contributed by atoms with van der Waals surface area (Å²) in [5, 5.41) is 5.77. The Labute approximate surface area is 304 Å². The van der Waals surface area contributed by atoms with Crippen molar-refractivity contribution in [2.24, 2.45) is 0 Å². The predicted molar refractivity (Wildman–Crippen MR) is 216 cm³/mol. The van der Waals surface area contributed by atoms with E-state index in [9.17, 15) is 0 Å². The zero-order valence-electron chi connectivity index (χ0n) is 28.5. The molecule has 0 aliphatic rings. The summed E-state index contributed by atoms with van der Waals surface area (Å²) in [6, 6.07) is 61.5. The molecule has 4 heterocycles. The van der Waals surface area contributed by atoms with Crippen LogP contribution in [0.3, 0.4) is 0 Å². The van der Waals surface area contributed by atoms with Gasteiger partial charge in [-0.3, -0.25) is 4.57 Å². The van der Waals surface area contributed by atoms with Gasteiger partial charge in [0.05, 0.1) is 27.6 Å². The predicted octanol–water partition coefficient (Wildman–Crippen LogP) is 11.3. The van der Waals surface area contributed by atoms with E-state index in [2.05, 4.69) is 159 Å². The Balaban J connectivity index is 1.30. The quantitative estimate of drug-likeness (QED) is 0.182. The SMILES string of the molecule is c1ccc(-c2nc(-c3ccccc3)nc(-n3c4ccccc4c4ccc5c(c6cc7ccn(-c8ccccc8)c7cc6n5-c5ccccc5)c43)n2)cc1. The van der Waals surface area contributed by atoms with Crippen molar-refractivity contribution in [1.29, 1.82) is 0 Å². The molecular weight excluding hydrogens is 649 g/mol. The van der Waals surface area contributed by atoms with Gasteiger partial charge in [-0.1, -0.05) is 121 Å². The second-order valence-corrected chi connectivity index (χ2v) is 13.3. The zero-order valence-corrected chi connectivity index (χ0v) is 28.5. The molecule has 0 aliphatic carbocycles. The van der Waals surface area contributed by atoms with E-state index < -0.39 is 0 Å². The average Bonchev–Trinajstić information content (AvgIpc) is 3.91. The number of nitrogens with zero attached hydrogens (tertiary/aromatic N) is 6. The Morgan fingerprint density at radius 3 is 1.66 bits per heavy atom. The van der Waals surface area contributed by atoms with Crippen LogP contribution in [0.2, 0.25) is 0 Å². The molecular formula is C47H30N6. The number of fused-ring (bicyclic) bond motifs is 8. The Hall–Kier alpha value is -7.31. The van der Waals surface area contributed by atoms with E-state index in [-0.39, 0.29) is 0 Å². The van der Waals surface area contributed by atoms with Crippen LogP contribution in [0.1, 0.15) is 0 Å². The van der Waals surface area contributed by atoms with E-state index >= 15 is 0 Å². The minimum absolute atomic E-state index is 0.577. The molecule has 0 fully saturated rings. The standard InChI is InChI=1S/C47H30N6/c1-5-15-31(16-6-1)45-48-46(32-17-7-2-8-18-32)50-47(49-45)53-39-24-14-13-23-36(39)37-25-26-40-43(44(37)53)38-29-33-27-28-51(34-19-9-3-10-20-34)41(33)30-42(38)52(40)35-21-11-4-12-22-35/h1-30H. The number of rotatable bonds is 5. The fraction of sp³-hybridized carbons (Fsp3) is 0. The molecule has 0 bridgehead atoms. The lowest BCUT2D eigenvalue weighted by Gasteiger charge is -2.11. The van der Waals surface area contributed by atoms with E-state index in [0.29, 0.717) is 17.6 Å². The second-order valence-electron chi connectivity index (χ2n) is 13.3. The highest BCUT2D eigenvalue weighted by Crippen LogP contribution is 2.43. The maximum absolute atomic E-state index is 5.24. The van der Waals surface area contributed by atoms with Gasteiger partial charge in [0.2, 0.25) is 5.95 Å². The zero-order chi connectivity index (χ0) is 34.9. The first kappa shape index (κ1) is 29.4. The summed E-state index contributed by atoms with van der Waals surface area (Å²) >= 11 is 0. The molecule has 11 rings (SSSR count). The Bertz CT molecular complexity index is 3080. The van der Waals surface area contributed by atoms with Gasteiger partial charge in [-0.15, -0.1) is 0 Å². The molecule has 0 saturated heterocycles. The third kappa shape index (κ3) is 4.56. The number of hydrogen-bond donors (Lipinski definition) is 0. The largest absolute Gasteiger partial charge is 0.316 e. The minimum atomic E-state index is 0.577. The van der Waals surface area contributed by atoms with Crippen LogP contribution in [0.5, 0.6) is 0 Å². The van der Waals surface area contributed by atoms with Gasteiger partial charge in [0.25, 0.3) is 0 Å². The van der Waals surface area contributed by atoms with Crippen molar-refractivity contribution in [3.05, 3.63) is 182 Å². The summed E-state index contributed by atoms with van der Waals surface area (Å²) in [6.07, 6.45) is 2.17. The summed E-state index contributed by atoms with van der Waals surface area (Å²) in [5.74, 6) is 1.83. The van der Waals surface area contributed by atoms with Crippen molar-refractivity contribution in [1.82, 2.24) is 28.7 Å². The lowest BCUT2D eigenvalue weighted by Crippen LogP contribution is -2.06. The molecule has 0 unspecified atom stereocenters. The average molecular weight is 679 g/mol. The highest BCUT2D eigenvalue weighted by atomic mass is 15.2. The van der Waals surface area contributed by atoms with E-state index in [1.165, 1.54) is 5.39 Å². The topological polar surface area (TPSA) is 53.5 Å². The summed E-state index contributed by atoms with van der Waals surface area (Å²) in [6.45, 7) is 0. The van der Waals surface area contributed by atoms with Gasteiger partial charge in [-0.05, 0) is 54.6 Å². The summed E-state index contributed by atoms with van der Waals surface area (Å²) < 4.78 is 6.92. The monoisotopic (exact) mass is 678 g/mol. The van der Waals surface area contributed by atoms with Crippen LogP contribution in [0.15, 0.2) is 182 Å². The van der Waals surface area contributed by atoms with Crippen LogP contribution in [0.25, 0.3) is 94.6 Å². The van der Waals surface area contributed by atoms with Gasteiger partial charge in [0, 0.05) is 55.6 Å². The first-order valence-electron chi connectivity index (χ1n) is 17.8. The molecule has 0 N–H and O–H groups in total. The number of aromatic nitrogens is 6. The Morgan fingerprint density at radius 2 is 0.981 bits per heavy atom. The molecule has 0 aliphatic heterocycles. The minimum Gasteiger partial charge on any atom is -0.316 e. The molecule has 6 heteroatoms. The number of benzene rings is 7. The molecule has 0 amide bonds. The van der Waals surface area contributed by atoms with Crippen LogP contribution < -0.4 is 0 Å². The molecule has 53 heavy (non-hydrogen) atoms. The van der Waals surface area contributed by atoms with Crippen LogP contribution in [0, 0.1) is 0 Å². The third-order valence-corrected chi connectivity index (χ3v) is 10.3. The van der Waals surface area contributed by atoms with E-state index in [4.69, 9.17) is 15.0 Å². The van der Waals surface area contributed by atoms with Gasteiger partial charge in [0.15, 0.2) is 11.6 Å². The molecule has 0 saturated carbocycles. The van der Waals surface area contributed by atoms with E-state index in [1.54, 1.807) is 0 Å². The fourth-order valence-electron chi connectivity index (χ4n) is 7.96. The first-order valence-corrected chi connectivity index (χ1v) is 17.8.